The van der Waals surface area contributed by atoms with Crippen molar-refractivity contribution in [2.45, 2.75) is 32.7 Å². The normalized spacial score (nSPS) is 18.3. The molecule has 0 aliphatic carbocycles. The molecule has 6 heteroatoms. The lowest BCUT2D eigenvalue weighted by Gasteiger charge is -2.12. The number of ether oxygens (including phenoxy) is 1. The Hall–Kier alpha value is -1.69. The number of nitrogens with one attached hydrogen (secondary N) is 2. The Balaban J connectivity index is 1.95. The summed E-state index contributed by atoms with van der Waals surface area (Å²) >= 11 is 0. The maximum absolute atomic E-state index is 11.6. The van der Waals surface area contributed by atoms with E-state index in [0.717, 1.165) is 13.1 Å². The highest BCUT2D eigenvalue weighted by Gasteiger charge is 2.15. The van der Waals surface area contributed by atoms with E-state index in [2.05, 4.69) is 20.6 Å². The lowest BCUT2D eigenvalue weighted by molar-refractivity contribution is 0.0524. The number of rotatable bonds is 5. The van der Waals surface area contributed by atoms with Gasteiger partial charge in [0.1, 0.15) is 0 Å². The zero-order valence-corrected chi connectivity index (χ0v) is 11.4. The largest absolute Gasteiger partial charge is 0.462 e. The molecule has 0 radical (unpaired) electrons. The first-order valence-corrected chi connectivity index (χ1v) is 6.68. The van der Waals surface area contributed by atoms with E-state index in [9.17, 15) is 4.79 Å². The summed E-state index contributed by atoms with van der Waals surface area (Å²) in [7, 11) is 0. The second-order valence-corrected chi connectivity index (χ2v) is 4.59. The monoisotopic (exact) mass is 264 g/mol. The molecule has 1 atom stereocenters. The number of carbonyl (C=O) groups excluding carboxylic acids is 1. The molecule has 1 aliphatic heterocycles. The van der Waals surface area contributed by atoms with E-state index in [4.69, 9.17) is 4.74 Å². The first-order chi connectivity index (χ1) is 9.20. The van der Waals surface area contributed by atoms with Gasteiger partial charge in [-0.2, -0.15) is 0 Å². The molecule has 2 heterocycles. The molecule has 0 saturated carbocycles. The van der Waals surface area contributed by atoms with Gasteiger partial charge in [0.15, 0.2) is 0 Å². The number of nitrogens with zero attached hydrogens (tertiary/aromatic N) is 2. The van der Waals surface area contributed by atoms with E-state index in [1.165, 1.54) is 19.0 Å². The Morgan fingerprint density at radius 1 is 1.63 bits per heavy atom. The topological polar surface area (TPSA) is 76.1 Å². The molecular weight excluding hydrogens is 244 g/mol. The van der Waals surface area contributed by atoms with Crippen LogP contribution >= 0.6 is 0 Å². The van der Waals surface area contributed by atoms with E-state index in [0.29, 0.717) is 29.9 Å². The van der Waals surface area contributed by atoms with Crippen molar-refractivity contribution in [3.05, 3.63) is 17.5 Å². The molecule has 1 fully saturated rings. The summed E-state index contributed by atoms with van der Waals surface area (Å²) < 4.78 is 4.94. The van der Waals surface area contributed by atoms with Crippen molar-refractivity contribution in [1.82, 2.24) is 15.3 Å². The molecule has 19 heavy (non-hydrogen) atoms. The van der Waals surface area contributed by atoms with Crippen LogP contribution in [0.5, 0.6) is 0 Å². The molecule has 0 bridgehead atoms. The second-order valence-electron chi connectivity index (χ2n) is 4.59. The van der Waals surface area contributed by atoms with Gasteiger partial charge in [-0.25, -0.2) is 14.8 Å². The maximum Gasteiger partial charge on any atom is 0.341 e. The lowest BCUT2D eigenvalue weighted by atomic mass is 10.2. The van der Waals surface area contributed by atoms with Crippen LogP contribution in [-0.4, -0.2) is 41.7 Å². The number of hydrogen-bond acceptors (Lipinski definition) is 6. The number of aryl methyl sites for hydroxylation is 1. The third kappa shape index (κ3) is 3.64. The smallest absolute Gasteiger partial charge is 0.341 e. The van der Waals surface area contributed by atoms with Gasteiger partial charge in [0, 0.05) is 18.8 Å². The summed E-state index contributed by atoms with van der Waals surface area (Å²) in [5.74, 6) is 0.184. The Morgan fingerprint density at radius 3 is 3.11 bits per heavy atom. The number of hydrogen-bond donors (Lipinski definition) is 2. The van der Waals surface area contributed by atoms with Crippen LogP contribution < -0.4 is 10.6 Å². The van der Waals surface area contributed by atoms with Crippen molar-refractivity contribution in [3.63, 3.8) is 0 Å². The van der Waals surface area contributed by atoms with Crippen LogP contribution in [0.4, 0.5) is 5.95 Å². The van der Waals surface area contributed by atoms with Crippen LogP contribution in [0, 0.1) is 6.92 Å². The minimum Gasteiger partial charge on any atom is -0.462 e. The summed E-state index contributed by atoms with van der Waals surface area (Å²) in [4.78, 5) is 20.1. The second kappa shape index (κ2) is 6.47. The number of anilines is 1. The Labute approximate surface area is 113 Å². The summed E-state index contributed by atoms with van der Waals surface area (Å²) in [6.45, 7) is 5.80. The molecule has 2 N–H and O–H groups in total. The average Bonchev–Trinajstić information content (AvgIpc) is 2.89. The predicted octanol–water partition coefficient (Wildman–Crippen LogP) is 1.13. The van der Waals surface area contributed by atoms with Gasteiger partial charge in [-0.3, -0.25) is 0 Å². The molecule has 2 rings (SSSR count). The highest BCUT2D eigenvalue weighted by atomic mass is 16.5. The minimum absolute atomic E-state index is 0.353. The van der Waals surface area contributed by atoms with Gasteiger partial charge in [-0.15, -0.1) is 0 Å². The molecule has 0 amide bonds. The van der Waals surface area contributed by atoms with Crippen molar-refractivity contribution >= 4 is 11.9 Å². The van der Waals surface area contributed by atoms with Crippen LogP contribution in [0.1, 0.15) is 35.8 Å². The van der Waals surface area contributed by atoms with Crippen LogP contribution in [0.25, 0.3) is 0 Å². The van der Waals surface area contributed by atoms with Crippen LogP contribution in [-0.2, 0) is 4.74 Å². The average molecular weight is 264 g/mol. The van der Waals surface area contributed by atoms with Gasteiger partial charge in [0.25, 0.3) is 0 Å². The highest BCUT2D eigenvalue weighted by Crippen LogP contribution is 2.10. The van der Waals surface area contributed by atoms with Gasteiger partial charge in [0.05, 0.1) is 17.9 Å². The molecule has 104 valence electrons. The third-order valence-corrected chi connectivity index (χ3v) is 3.14. The predicted molar refractivity (Wildman–Crippen MR) is 72.2 cm³/mol. The molecule has 1 aliphatic rings. The number of carbonyl (C=O) groups is 1. The van der Waals surface area contributed by atoms with Gasteiger partial charge in [-0.05, 0) is 33.2 Å². The van der Waals surface area contributed by atoms with Crippen molar-refractivity contribution in [1.29, 1.82) is 0 Å². The Morgan fingerprint density at radius 2 is 2.47 bits per heavy atom. The summed E-state index contributed by atoms with van der Waals surface area (Å²) in [6.07, 6.45) is 3.91. The van der Waals surface area contributed by atoms with Crippen molar-refractivity contribution in [3.8, 4) is 0 Å². The van der Waals surface area contributed by atoms with Crippen molar-refractivity contribution < 1.29 is 9.53 Å². The quantitative estimate of drug-likeness (QED) is 0.776. The number of esters is 1. The fourth-order valence-corrected chi connectivity index (χ4v) is 2.11. The molecule has 6 nitrogen and oxygen atoms in total. The summed E-state index contributed by atoms with van der Waals surface area (Å²) in [5.41, 5.74) is 1.06. The van der Waals surface area contributed by atoms with E-state index in [1.54, 1.807) is 13.8 Å². The molecule has 0 spiro atoms. The van der Waals surface area contributed by atoms with E-state index in [-0.39, 0.29) is 5.97 Å². The van der Waals surface area contributed by atoms with E-state index >= 15 is 0 Å². The zero-order valence-electron chi connectivity index (χ0n) is 11.4. The van der Waals surface area contributed by atoms with E-state index in [1.807, 2.05) is 0 Å². The standard InChI is InChI=1S/C13H20N4O2/c1-3-19-12(18)11-8-16-13(17-9(11)2)15-7-10-5-4-6-14-10/h8,10,14H,3-7H2,1-2H3,(H,15,16,17). The van der Waals surface area contributed by atoms with Gasteiger partial charge >= 0.3 is 5.97 Å². The molecule has 1 saturated heterocycles. The summed E-state index contributed by atoms with van der Waals surface area (Å²) in [5, 5.41) is 6.58. The molecule has 1 unspecified atom stereocenters. The highest BCUT2D eigenvalue weighted by molar-refractivity contribution is 5.90. The molecule has 0 aromatic carbocycles. The molecule has 1 aromatic rings. The summed E-state index contributed by atoms with van der Waals surface area (Å²) in [6, 6.07) is 0.480. The Bertz CT molecular complexity index is 444. The van der Waals surface area contributed by atoms with Crippen LogP contribution in [0.15, 0.2) is 6.20 Å². The van der Waals surface area contributed by atoms with Crippen molar-refractivity contribution in [2.24, 2.45) is 0 Å². The molecular formula is C13H20N4O2. The van der Waals surface area contributed by atoms with Gasteiger partial charge < -0.3 is 15.4 Å². The third-order valence-electron chi connectivity index (χ3n) is 3.14. The lowest BCUT2D eigenvalue weighted by Crippen LogP contribution is -2.29. The van der Waals surface area contributed by atoms with Crippen LogP contribution in [0.2, 0.25) is 0 Å². The number of aromatic nitrogens is 2. The SMILES string of the molecule is CCOC(=O)c1cnc(NCC2CCCN2)nc1C. The van der Waals surface area contributed by atoms with Crippen molar-refractivity contribution in [2.75, 3.05) is 25.0 Å². The Kier molecular flexibility index (Phi) is 4.68. The maximum atomic E-state index is 11.6. The zero-order chi connectivity index (χ0) is 13.7. The first-order valence-electron chi connectivity index (χ1n) is 6.68. The van der Waals surface area contributed by atoms with Gasteiger partial charge in [0.2, 0.25) is 5.95 Å². The first kappa shape index (κ1) is 13.7. The van der Waals surface area contributed by atoms with Crippen LogP contribution in [0.3, 0.4) is 0 Å². The fourth-order valence-electron chi connectivity index (χ4n) is 2.11. The van der Waals surface area contributed by atoms with E-state index < -0.39 is 0 Å². The fraction of sp³-hybridized carbons (Fsp3) is 0.615. The molecule has 1 aromatic heterocycles. The van der Waals surface area contributed by atoms with Gasteiger partial charge in [-0.1, -0.05) is 0 Å². The minimum atomic E-state index is -0.371.